The molecule has 0 bridgehead atoms. The lowest BCUT2D eigenvalue weighted by atomic mass is 9.96. The third kappa shape index (κ3) is 4.31. The number of anilines is 1. The van der Waals surface area contributed by atoms with Crippen molar-refractivity contribution in [3.8, 4) is 5.75 Å². The topological polar surface area (TPSA) is 64.4 Å². The van der Waals surface area contributed by atoms with E-state index in [-0.39, 0.29) is 18.1 Å². The lowest BCUT2D eigenvalue weighted by Crippen LogP contribution is -2.48. The van der Waals surface area contributed by atoms with E-state index in [1.54, 1.807) is 6.92 Å². The maximum absolute atomic E-state index is 13.5. The van der Waals surface area contributed by atoms with Crippen molar-refractivity contribution in [3.63, 3.8) is 0 Å². The molecule has 0 saturated carbocycles. The minimum atomic E-state index is -1.08. The van der Waals surface area contributed by atoms with Crippen molar-refractivity contribution >= 4 is 24.0 Å². The van der Waals surface area contributed by atoms with Gasteiger partial charge in [0, 0.05) is 17.8 Å². The Morgan fingerprint density at radius 3 is 2.30 bits per heavy atom. The second-order valence-electron chi connectivity index (χ2n) is 4.59. The molecule has 1 aromatic rings. The van der Waals surface area contributed by atoms with Gasteiger partial charge in [0.2, 0.25) is 5.91 Å². The number of carbonyl (C=O) groups is 1. The average Bonchev–Trinajstić information content (AvgIpc) is 2.28. The van der Waals surface area contributed by atoms with Crippen molar-refractivity contribution in [2.45, 2.75) is 32.2 Å². The fraction of sp³-hybridized carbons (Fsp3) is 0.462. The number of rotatable bonds is 5. The van der Waals surface area contributed by atoms with E-state index in [1.165, 1.54) is 0 Å². The number of ether oxygens (including phenoxy) is 1. The van der Waals surface area contributed by atoms with Crippen LogP contribution in [0.5, 0.6) is 5.75 Å². The number of hydrogen-bond acceptors (Lipinski definition) is 3. The Bertz CT molecular complexity index is 458. The molecule has 1 rings (SSSR count). The van der Waals surface area contributed by atoms with Crippen LogP contribution in [0, 0.1) is 11.6 Å². The zero-order valence-electron chi connectivity index (χ0n) is 11.6. The molecule has 0 heterocycles. The van der Waals surface area contributed by atoms with E-state index < -0.39 is 28.8 Å². The number of nitrogens with one attached hydrogen (secondary N) is 1. The summed E-state index contributed by atoms with van der Waals surface area (Å²) in [6.45, 7) is 3.47. The molecular formula is C13H19ClF2N2O2. The van der Waals surface area contributed by atoms with Gasteiger partial charge in [-0.3, -0.25) is 4.79 Å². The van der Waals surface area contributed by atoms with Crippen LogP contribution < -0.4 is 15.8 Å². The Hall–Kier alpha value is -1.40. The van der Waals surface area contributed by atoms with E-state index in [0.29, 0.717) is 6.42 Å². The van der Waals surface area contributed by atoms with Crippen molar-refractivity contribution < 1.29 is 18.3 Å². The molecule has 1 unspecified atom stereocenters. The molecule has 1 amide bonds. The van der Waals surface area contributed by atoms with Crippen LogP contribution in [0.3, 0.4) is 0 Å². The van der Waals surface area contributed by atoms with Crippen LogP contribution in [-0.2, 0) is 4.79 Å². The Labute approximate surface area is 123 Å². The first kappa shape index (κ1) is 18.6. The highest BCUT2D eigenvalue weighted by Crippen LogP contribution is 2.25. The van der Waals surface area contributed by atoms with Gasteiger partial charge in [0.1, 0.15) is 0 Å². The van der Waals surface area contributed by atoms with Gasteiger partial charge >= 0.3 is 0 Å². The predicted octanol–water partition coefficient (Wildman–Crippen LogP) is 2.85. The molecule has 7 heteroatoms. The number of benzene rings is 1. The van der Waals surface area contributed by atoms with Crippen molar-refractivity contribution in [1.29, 1.82) is 0 Å². The summed E-state index contributed by atoms with van der Waals surface area (Å²) in [6, 6.07) is 1.98. The fourth-order valence-corrected chi connectivity index (χ4v) is 1.73. The van der Waals surface area contributed by atoms with Crippen LogP contribution in [0.15, 0.2) is 12.1 Å². The Balaban J connectivity index is 0.00000361. The van der Waals surface area contributed by atoms with E-state index >= 15 is 0 Å². The van der Waals surface area contributed by atoms with Crippen LogP contribution in [-0.4, -0.2) is 18.6 Å². The summed E-state index contributed by atoms with van der Waals surface area (Å²) in [5.41, 5.74) is 4.75. The Morgan fingerprint density at radius 1 is 1.40 bits per heavy atom. The molecule has 0 saturated heterocycles. The first-order valence-electron chi connectivity index (χ1n) is 5.95. The summed E-state index contributed by atoms with van der Waals surface area (Å²) < 4.78 is 31.5. The maximum atomic E-state index is 13.5. The van der Waals surface area contributed by atoms with E-state index in [4.69, 9.17) is 5.73 Å². The molecule has 4 nitrogen and oxygen atoms in total. The smallest absolute Gasteiger partial charge is 0.244 e. The van der Waals surface area contributed by atoms with Gasteiger partial charge in [-0.15, -0.1) is 12.4 Å². The van der Waals surface area contributed by atoms with Gasteiger partial charge in [0.15, 0.2) is 17.4 Å². The number of carbonyl (C=O) groups excluding carboxylic acids is 1. The first-order valence-corrected chi connectivity index (χ1v) is 5.95. The molecule has 0 radical (unpaired) electrons. The summed E-state index contributed by atoms with van der Waals surface area (Å²) in [5, 5.41) is 2.40. The molecule has 0 aliphatic rings. The summed E-state index contributed by atoms with van der Waals surface area (Å²) in [6.07, 6.45) is 1.20. The van der Waals surface area contributed by atoms with Crippen LogP contribution in [0.2, 0.25) is 0 Å². The number of nitrogens with two attached hydrogens (primary N) is 1. The van der Waals surface area contributed by atoms with Crippen LogP contribution in [0.4, 0.5) is 14.5 Å². The van der Waals surface area contributed by atoms with Gasteiger partial charge in [0.05, 0.1) is 12.6 Å². The molecule has 3 N–H and O–H groups in total. The molecule has 1 atom stereocenters. The van der Waals surface area contributed by atoms with Gasteiger partial charge in [0.25, 0.3) is 0 Å². The maximum Gasteiger partial charge on any atom is 0.244 e. The number of amides is 1. The SMILES string of the molecule is CCCC(C)(N)C(=O)Nc1cc(F)c(OC)c(F)c1.Cl. The van der Waals surface area contributed by atoms with E-state index in [2.05, 4.69) is 10.1 Å². The molecule has 0 fully saturated rings. The third-order valence-corrected chi connectivity index (χ3v) is 2.75. The predicted molar refractivity (Wildman–Crippen MR) is 76.3 cm³/mol. The van der Waals surface area contributed by atoms with E-state index in [1.807, 2.05) is 6.92 Å². The lowest BCUT2D eigenvalue weighted by Gasteiger charge is -2.23. The minimum absolute atomic E-state index is 0. The zero-order chi connectivity index (χ0) is 14.6. The van der Waals surface area contributed by atoms with Gasteiger partial charge in [-0.2, -0.15) is 0 Å². The Kier molecular flexibility index (Phi) is 6.88. The van der Waals surface area contributed by atoms with Crippen LogP contribution >= 0.6 is 12.4 Å². The summed E-state index contributed by atoms with van der Waals surface area (Å²) in [5.74, 6) is -2.74. The highest BCUT2D eigenvalue weighted by atomic mass is 35.5. The third-order valence-electron chi connectivity index (χ3n) is 2.75. The molecule has 1 aromatic carbocycles. The van der Waals surface area contributed by atoms with Crippen LogP contribution in [0.1, 0.15) is 26.7 Å². The molecule has 0 spiro atoms. The summed E-state index contributed by atoms with van der Waals surface area (Å²) in [7, 11) is 1.16. The van der Waals surface area contributed by atoms with Crippen molar-refractivity contribution in [2.24, 2.45) is 5.73 Å². The summed E-state index contributed by atoms with van der Waals surface area (Å²) in [4.78, 5) is 11.9. The number of methoxy groups -OCH3 is 1. The van der Waals surface area contributed by atoms with Gasteiger partial charge < -0.3 is 15.8 Å². The molecule has 20 heavy (non-hydrogen) atoms. The van der Waals surface area contributed by atoms with Crippen molar-refractivity contribution in [3.05, 3.63) is 23.8 Å². The number of halogens is 3. The largest absolute Gasteiger partial charge is 0.491 e. The van der Waals surface area contributed by atoms with Crippen molar-refractivity contribution in [2.75, 3.05) is 12.4 Å². The van der Waals surface area contributed by atoms with Gasteiger partial charge in [-0.1, -0.05) is 13.3 Å². The quantitative estimate of drug-likeness (QED) is 0.879. The average molecular weight is 309 g/mol. The van der Waals surface area contributed by atoms with E-state index in [0.717, 1.165) is 25.7 Å². The van der Waals surface area contributed by atoms with Gasteiger partial charge in [-0.25, -0.2) is 8.78 Å². The first-order chi connectivity index (χ1) is 8.81. The Morgan fingerprint density at radius 2 is 1.90 bits per heavy atom. The molecule has 0 aromatic heterocycles. The highest BCUT2D eigenvalue weighted by Gasteiger charge is 2.27. The highest BCUT2D eigenvalue weighted by molar-refractivity contribution is 5.97. The summed E-state index contributed by atoms with van der Waals surface area (Å²) >= 11 is 0. The lowest BCUT2D eigenvalue weighted by molar-refractivity contribution is -0.120. The molecule has 0 aliphatic heterocycles. The second-order valence-corrected chi connectivity index (χ2v) is 4.59. The second kappa shape index (κ2) is 7.40. The minimum Gasteiger partial charge on any atom is -0.491 e. The molecule has 114 valence electrons. The normalized spacial score (nSPS) is 13.1. The standard InChI is InChI=1S/C13H18F2N2O2.ClH/c1-4-5-13(2,16)12(18)17-8-6-9(14)11(19-3)10(15)7-8;/h6-7H,4-5,16H2,1-3H3,(H,17,18);1H. The molecular weight excluding hydrogens is 290 g/mol. The van der Waals surface area contributed by atoms with E-state index in [9.17, 15) is 13.6 Å². The zero-order valence-corrected chi connectivity index (χ0v) is 12.4. The number of hydrogen-bond donors (Lipinski definition) is 2. The van der Waals surface area contributed by atoms with Crippen LogP contribution in [0.25, 0.3) is 0 Å². The fourth-order valence-electron chi connectivity index (χ4n) is 1.73. The van der Waals surface area contributed by atoms with Crippen molar-refractivity contribution in [1.82, 2.24) is 0 Å². The molecule has 0 aliphatic carbocycles. The van der Waals surface area contributed by atoms with Gasteiger partial charge in [-0.05, 0) is 13.3 Å². The monoisotopic (exact) mass is 308 g/mol.